The topological polar surface area (TPSA) is 43.1 Å². The van der Waals surface area contributed by atoms with E-state index in [0.717, 1.165) is 0 Å². The fourth-order valence-electron chi connectivity index (χ4n) is 0.716. The summed E-state index contributed by atoms with van der Waals surface area (Å²) in [6.07, 6.45) is 0. The molecule has 0 heterocycles. The van der Waals surface area contributed by atoms with Gasteiger partial charge in [0.15, 0.2) is 5.82 Å². The van der Waals surface area contributed by atoms with Crippen molar-refractivity contribution in [2.75, 3.05) is 0 Å². The fraction of sp³-hybridized carbons (Fsp3) is 0. The van der Waals surface area contributed by atoms with E-state index < -0.39 is 11.7 Å². The van der Waals surface area contributed by atoms with Crippen LogP contribution in [-0.4, -0.2) is 5.91 Å². The highest BCUT2D eigenvalue weighted by atomic mass is 79.9. The normalized spacial score (nSPS) is 9.92. The molecule has 0 aliphatic heterocycles. The molecule has 0 bridgehead atoms. The molecule has 1 aromatic carbocycles. The van der Waals surface area contributed by atoms with E-state index >= 15 is 0 Å². The largest absolute Gasteiger partial charge is 0.366 e. The molecule has 0 aliphatic carbocycles. The number of primary amides is 1. The number of rotatable bonds is 1. The van der Waals surface area contributed by atoms with E-state index in [1.807, 2.05) is 0 Å². The average molecular weight is 297 g/mol. The first-order chi connectivity index (χ1) is 5.54. The number of nitrogens with two attached hydrogens (primary N) is 1. The molecule has 0 fully saturated rings. The van der Waals surface area contributed by atoms with Crippen LogP contribution in [0.2, 0.25) is 0 Å². The summed E-state index contributed by atoms with van der Waals surface area (Å²) in [5.74, 6) is -1.18. The van der Waals surface area contributed by atoms with Crippen molar-refractivity contribution in [3.8, 4) is 0 Å². The molecular weight excluding hydrogens is 293 g/mol. The summed E-state index contributed by atoms with van der Waals surface area (Å²) in [4.78, 5) is 10.7. The Hall–Kier alpha value is -0.420. The van der Waals surface area contributed by atoms with E-state index in [1.54, 1.807) is 0 Å². The first kappa shape index (κ1) is 9.67. The van der Waals surface area contributed by atoms with Crippen LogP contribution in [0.4, 0.5) is 4.39 Å². The summed E-state index contributed by atoms with van der Waals surface area (Å²) in [7, 11) is 0. The average Bonchev–Trinajstić information content (AvgIpc) is 2.00. The molecule has 0 saturated heterocycles. The lowest BCUT2D eigenvalue weighted by atomic mass is 10.2. The second-order valence-electron chi connectivity index (χ2n) is 2.09. The molecule has 1 rings (SSSR count). The van der Waals surface area contributed by atoms with Crippen LogP contribution in [0.1, 0.15) is 10.4 Å². The van der Waals surface area contributed by atoms with E-state index in [0.29, 0.717) is 4.47 Å². The number of benzene rings is 1. The van der Waals surface area contributed by atoms with Gasteiger partial charge < -0.3 is 5.73 Å². The van der Waals surface area contributed by atoms with Crippen molar-refractivity contribution >= 4 is 37.8 Å². The SMILES string of the molecule is NC(=O)c1ccc(Br)c(F)c1Br. The van der Waals surface area contributed by atoms with Crippen molar-refractivity contribution in [1.82, 2.24) is 0 Å². The third kappa shape index (κ3) is 1.67. The zero-order chi connectivity index (χ0) is 9.30. The van der Waals surface area contributed by atoms with Gasteiger partial charge in [0.1, 0.15) is 0 Å². The van der Waals surface area contributed by atoms with Gasteiger partial charge in [-0.05, 0) is 44.0 Å². The Morgan fingerprint density at radius 3 is 2.50 bits per heavy atom. The molecule has 0 unspecified atom stereocenters. The Morgan fingerprint density at radius 1 is 1.42 bits per heavy atom. The van der Waals surface area contributed by atoms with Crippen LogP contribution >= 0.6 is 31.9 Å². The van der Waals surface area contributed by atoms with E-state index in [4.69, 9.17) is 5.73 Å². The number of hydrogen-bond donors (Lipinski definition) is 1. The molecule has 0 aliphatic rings. The van der Waals surface area contributed by atoms with Crippen LogP contribution in [-0.2, 0) is 0 Å². The molecule has 64 valence electrons. The number of hydrogen-bond acceptors (Lipinski definition) is 1. The molecule has 0 radical (unpaired) electrons. The summed E-state index contributed by atoms with van der Waals surface area (Å²) in [5, 5.41) is 0. The second-order valence-corrected chi connectivity index (χ2v) is 3.73. The quantitative estimate of drug-likeness (QED) is 0.795. The Bertz CT molecular complexity index is 340. The molecule has 0 spiro atoms. The highest BCUT2D eigenvalue weighted by Crippen LogP contribution is 2.26. The lowest BCUT2D eigenvalue weighted by molar-refractivity contribution is 0.0999. The molecule has 12 heavy (non-hydrogen) atoms. The molecule has 1 amide bonds. The van der Waals surface area contributed by atoms with E-state index in [9.17, 15) is 9.18 Å². The summed E-state index contributed by atoms with van der Waals surface area (Å²) >= 11 is 5.90. The predicted molar refractivity (Wildman–Crippen MR) is 50.3 cm³/mol. The number of amides is 1. The maximum Gasteiger partial charge on any atom is 0.249 e. The monoisotopic (exact) mass is 295 g/mol. The van der Waals surface area contributed by atoms with E-state index in [2.05, 4.69) is 31.9 Å². The summed E-state index contributed by atoms with van der Waals surface area (Å²) in [6.45, 7) is 0. The molecule has 0 saturated carbocycles. The summed E-state index contributed by atoms with van der Waals surface area (Å²) in [6, 6.07) is 2.87. The van der Waals surface area contributed by atoms with Gasteiger partial charge in [0, 0.05) is 0 Å². The van der Waals surface area contributed by atoms with Gasteiger partial charge >= 0.3 is 0 Å². The Kier molecular flexibility index (Phi) is 2.85. The van der Waals surface area contributed by atoms with Gasteiger partial charge in [0.2, 0.25) is 5.91 Å². The standard InChI is InChI=1S/C7H4Br2FNO/c8-4-2-1-3(7(11)12)5(9)6(4)10/h1-2H,(H2,11,12). The summed E-state index contributed by atoms with van der Waals surface area (Å²) in [5.41, 5.74) is 5.12. The lowest BCUT2D eigenvalue weighted by Crippen LogP contribution is -2.12. The van der Waals surface area contributed by atoms with Crippen molar-refractivity contribution in [3.63, 3.8) is 0 Å². The maximum atomic E-state index is 13.1. The highest BCUT2D eigenvalue weighted by Gasteiger charge is 2.12. The highest BCUT2D eigenvalue weighted by molar-refractivity contribution is 9.11. The third-order valence-electron chi connectivity index (χ3n) is 1.30. The van der Waals surface area contributed by atoms with Gasteiger partial charge in [-0.1, -0.05) is 0 Å². The van der Waals surface area contributed by atoms with Gasteiger partial charge in [-0.2, -0.15) is 0 Å². The molecule has 2 N–H and O–H groups in total. The van der Waals surface area contributed by atoms with Crippen LogP contribution in [0, 0.1) is 5.82 Å². The zero-order valence-corrected chi connectivity index (χ0v) is 8.95. The minimum absolute atomic E-state index is 0.0874. The van der Waals surface area contributed by atoms with Crippen molar-refractivity contribution in [2.45, 2.75) is 0 Å². The van der Waals surface area contributed by atoms with Crippen LogP contribution in [0.25, 0.3) is 0 Å². The van der Waals surface area contributed by atoms with Gasteiger partial charge in [-0.3, -0.25) is 4.79 Å². The molecule has 0 atom stereocenters. The fourth-order valence-corrected chi connectivity index (χ4v) is 1.85. The van der Waals surface area contributed by atoms with E-state index in [1.165, 1.54) is 12.1 Å². The first-order valence-corrected chi connectivity index (χ1v) is 4.56. The van der Waals surface area contributed by atoms with Crippen LogP contribution in [0.3, 0.4) is 0 Å². The second kappa shape index (κ2) is 3.53. The number of halogens is 3. The Balaban J connectivity index is 3.36. The smallest absolute Gasteiger partial charge is 0.249 e. The van der Waals surface area contributed by atoms with Crippen LogP contribution in [0.15, 0.2) is 21.1 Å². The minimum Gasteiger partial charge on any atom is -0.366 e. The molecule has 2 nitrogen and oxygen atoms in total. The Morgan fingerprint density at radius 2 is 2.00 bits per heavy atom. The molecule has 0 aromatic heterocycles. The minimum atomic E-state index is -0.659. The predicted octanol–water partition coefficient (Wildman–Crippen LogP) is 2.45. The molecule has 1 aromatic rings. The van der Waals surface area contributed by atoms with Crippen molar-refractivity contribution < 1.29 is 9.18 Å². The van der Waals surface area contributed by atoms with E-state index in [-0.39, 0.29) is 10.0 Å². The van der Waals surface area contributed by atoms with Crippen molar-refractivity contribution in [1.29, 1.82) is 0 Å². The molecular formula is C7H4Br2FNO. The number of carbonyl (C=O) groups excluding carboxylic acids is 1. The van der Waals surface area contributed by atoms with Gasteiger partial charge in [-0.15, -0.1) is 0 Å². The van der Waals surface area contributed by atoms with Gasteiger partial charge in [0.25, 0.3) is 0 Å². The lowest BCUT2D eigenvalue weighted by Gasteiger charge is -2.01. The van der Waals surface area contributed by atoms with Crippen LogP contribution < -0.4 is 5.73 Å². The third-order valence-corrected chi connectivity index (χ3v) is 2.69. The van der Waals surface area contributed by atoms with Gasteiger partial charge in [0.05, 0.1) is 14.5 Å². The van der Waals surface area contributed by atoms with Crippen molar-refractivity contribution in [2.24, 2.45) is 5.73 Å². The zero-order valence-electron chi connectivity index (χ0n) is 5.77. The first-order valence-electron chi connectivity index (χ1n) is 2.97. The number of carbonyl (C=O) groups is 1. The molecule has 5 heteroatoms. The van der Waals surface area contributed by atoms with Crippen molar-refractivity contribution in [3.05, 3.63) is 32.5 Å². The summed E-state index contributed by atoms with van der Waals surface area (Å²) < 4.78 is 13.4. The maximum absolute atomic E-state index is 13.1. The van der Waals surface area contributed by atoms with Gasteiger partial charge in [-0.25, -0.2) is 4.39 Å². The Labute approximate surface area is 85.2 Å². The van der Waals surface area contributed by atoms with Crippen LogP contribution in [0.5, 0.6) is 0 Å².